The molecule has 1 saturated heterocycles. The van der Waals surface area contributed by atoms with Crippen molar-refractivity contribution in [1.29, 1.82) is 5.26 Å². The largest absolute Gasteiger partial charge is 0.352 e. The number of hydrogen-bond donors (Lipinski definition) is 0. The van der Waals surface area contributed by atoms with Crippen LogP contribution >= 0.6 is 0 Å². The van der Waals surface area contributed by atoms with E-state index >= 15 is 0 Å². The molecule has 0 saturated carbocycles. The third-order valence-electron chi connectivity index (χ3n) is 2.45. The van der Waals surface area contributed by atoms with Gasteiger partial charge in [-0.25, -0.2) is 4.39 Å². The first kappa shape index (κ1) is 9.84. The molecule has 1 aromatic rings. The number of rotatable bonds is 1. The second-order valence-corrected chi connectivity index (χ2v) is 3.57. The fourth-order valence-electron chi connectivity index (χ4n) is 1.69. The number of piperidine rings is 1. The van der Waals surface area contributed by atoms with E-state index in [1.54, 1.807) is 12.1 Å². The van der Waals surface area contributed by atoms with Crippen molar-refractivity contribution in [2.45, 2.75) is 19.0 Å². The van der Waals surface area contributed by atoms with E-state index in [0.29, 0.717) is 18.8 Å². The lowest BCUT2D eigenvalue weighted by atomic mass is 10.1. The predicted molar refractivity (Wildman–Crippen MR) is 53.1 cm³/mol. The van der Waals surface area contributed by atoms with Crippen LogP contribution in [0, 0.1) is 11.3 Å². The summed E-state index contributed by atoms with van der Waals surface area (Å²) in [6.45, 7) is 1.18. The number of hydrogen-bond acceptors (Lipinski definition) is 4. The van der Waals surface area contributed by atoms with Crippen LogP contribution in [0.4, 0.5) is 10.2 Å². The molecule has 1 aromatic heterocycles. The number of alkyl halides is 1. The number of halogens is 1. The summed E-state index contributed by atoms with van der Waals surface area (Å²) < 4.78 is 13.1. The normalized spacial score (nSPS) is 21.1. The standard InChI is InChI=1S/C10H11FN4/c11-8-2-1-5-15(7-8)10-4-3-9(6-12)13-14-10/h3-4,8H,1-2,5,7H2. The second-order valence-electron chi connectivity index (χ2n) is 3.57. The molecule has 0 N–H and O–H groups in total. The molecule has 2 rings (SSSR count). The lowest BCUT2D eigenvalue weighted by Gasteiger charge is -2.29. The minimum Gasteiger partial charge on any atom is -0.352 e. The highest BCUT2D eigenvalue weighted by molar-refractivity contribution is 5.39. The van der Waals surface area contributed by atoms with Crippen molar-refractivity contribution in [2.75, 3.05) is 18.0 Å². The van der Waals surface area contributed by atoms with Crippen LogP contribution in [0.25, 0.3) is 0 Å². The predicted octanol–water partition coefficient (Wildman–Crippen LogP) is 1.29. The van der Waals surface area contributed by atoms with Crippen molar-refractivity contribution in [3.63, 3.8) is 0 Å². The van der Waals surface area contributed by atoms with Gasteiger partial charge in [-0.3, -0.25) is 0 Å². The topological polar surface area (TPSA) is 52.8 Å². The quantitative estimate of drug-likeness (QED) is 0.694. The third kappa shape index (κ3) is 2.21. The summed E-state index contributed by atoms with van der Waals surface area (Å²) in [6, 6.07) is 5.21. The minimum atomic E-state index is -0.781. The average molecular weight is 206 g/mol. The lowest BCUT2D eigenvalue weighted by molar-refractivity contribution is 0.286. The van der Waals surface area contributed by atoms with Crippen LogP contribution in [0.3, 0.4) is 0 Å². The maximum Gasteiger partial charge on any atom is 0.163 e. The van der Waals surface area contributed by atoms with Crippen LogP contribution in [0.1, 0.15) is 18.5 Å². The van der Waals surface area contributed by atoms with Crippen molar-refractivity contribution < 1.29 is 4.39 Å². The molecule has 1 atom stereocenters. The molecule has 1 aliphatic rings. The summed E-state index contributed by atoms with van der Waals surface area (Å²) in [7, 11) is 0. The summed E-state index contributed by atoms with van der Waals surface area (Å²) >= 11 is 0. The molecule has 0 aromatic carbocycles. The molecule has 4 nitrogen and oxygen atoms in total. The Hall–Kier alpha value is -1.70. The van der Waals surface area contributed by atoms with Gasteiger partial charge in [0.2, 0.25) is 0 Å². The Morgan fingerprint density at radius 2 is 2.33 bits per heavy atom. The molecule has 0 spiro atoms. The van der Waals surface area contributed by atoms with E-state index < -0.39 is 6.17 Å². The Morgan fingerprint density at radius 3 is 2.93 bits per heavy atom. The Balaban J connectivity index is 2.12. The molecule has 0 amide bonds. The zero-order valence-electron chi connectivity index (χ0n) is 8.23. The molecule has 5 heteroatoms. The van der Waals surface area contributed by atoms with Gasteiger partial charge in [0.1, 0.15) is 12.2 Å². The molecule has 1 fully saturated rings. The first-order chi connectivity index (χ1) is 7.29. The number of aromatic nitrogens is 2. The van der Waals surface area contributed by atoms with Crippen LogP contribution in [0.2, 0.25) is 0 Å². The fourth-order valence-corrected chi connectivity index (χ4v) is 1.69. The van der Waals surface area contributed by atoms with Gasteiger partial charge in [-0.1, -0.05) is 0 Å². The highest BCUT2D eigenvalue weighted by Crippen LogP contribution is 2.18. The van der Waals surface area contributed by atoms with Crippen molar-refractivity contribution in [3.05, 3.63) is 17.8 Å². The van der Waals surface area contributed by atoms with E-state index in [-0.39, 0.29) is 5.69 Å². The summed E-state index contributed by atoms with van der Waals surface area (Å²) in [5.74, 6) is 0.649. The minimum absolute atomic E-state index is 0.285. The summed E-state index contributed by atoms with van der Waals surface area (Å²) in [5.41, 5.74) is 0.285. The Morgan fingerprint density at radius 1 is 1.47 bits per heavy atom. The molecule has 0 aliphatic carbocycles. The summed E-state index contributed by atoms with van der Waals surface area (Å²) in [6.07, 6.45) is 0.680. The maximum absolute atomic E-state index is 13.1. The van der Waals surface area contributed by atoms with Gasteiger partial charge in [-0.15, -0.1) is 10.2 Å². The van der Waals surface area contributed by atoms with Crippen molar-refractivity contribution >= 4 is 5.82 Å². The summed E-state index contributed by atoms with van der Waals surface area (Å²) in [5, 5.41) is 16.2. The fraction of sp³-hybridized carbons (Fsp3) is 0.500. The lowest BCUT2D eigenvalue weighted by Crippen LogP contribution is -2.37. The Bertz CT molecular complexity index is 370. The molecule has 1 unspecified atom stereocenters. The van der Waals surface area contributed by atoms with Crippen molar-refractivity contribution in [3.8, 4) is 6.07 Å². The molecule has 2 heterocycles. The van der Waals surface area contributed by atoms with Crippen molar-refractivity contribution in [2.24, 2.45) is 0 Å². The monoisotopic (exact) mass is 206 g/mol. The van der Waals surface area contributed by atoms with Gasteiger partial charge in [-0.05, 0) is 25.0 Å². The van der Waals surface area contributed by atoms with Crippen LogP contribution in [-0.2, 0) is 0 Å². The number of nitrogens with zero attached hydrogens (tertiary/aromatic N) is 4. The molecular weight excluding hydrogens is 195 g/mol. The van der Waals surface area contributed by atoms with Gasteiger partial charge in [0.25, 0.3) is 0 Å². The molecule has 1 aliphatic heterocycles. The third-order valence-corrected chi connectivity index (χ3v) is 2.45. The van der Waals surface area contributed by atoms with E-state index in [4.69, 9.17) is 5.26 Å². The molecular formula is C10H11FN4. The highest BCUT2D eigenvalue weighted by atomic mass is 19.1. The zero-order chi connectivity index (χ0) is 10.7. The number of nitriles is 1. The van der Waals surface area contributed by atoms with E-state index in [2.05, 4.69) is 10.2 Å². The van der Waals surface area contributed by atoms with Gasteiger partial charge >= 0.3 is 0 Å². The van der Waals surface area contributed by atoms with E-state index in [0.717, 1.165) is 13.0 Å². The smallest absolute Gasteiger partial charge is 0.163 e. The van der Waals surface area contributed by atoms with E-state index in [1.807, 2.05) is 11.0 Å². The van der Waals surface area contributed by atoms with Gasteiger partial charge in [0.15, 0.2) is 11.5 Å². The Labute approximate surface area is 87.3 Å². The zero-order valence-corrected chi connectivity index (χ0v) is 8.23. The second kappa shape index (κ2) is 4.22. The highest BCUT2D eigenvalue weighted by Gasteiger charge is 2.20. The molecule has 78 valence electrons. The molecule has 15 heavy (non-hydrogen) atoms. The maximum atomic E-state index is 13.1. The van der Waals surface area contributed by atoms with E-state index in [9.17, 15) is 4.39 Å². The van der Waals surface area contributed by atoms with Crippen LogP contribution in [0.15, 0.2) is 12.1 Å². The Kier molecular flexibility index (Phi) is 2.77. The van der Waals surface area contributed by atoms with Crippen molar-refractivity contribution in [1.82, 2.24) is 10.2 Å². The van der Waals surface area contributed by atoms with Gasteiger partial charge in [-0.2, -0.15) is 5.26 Å². The molecule has 0 bridgehead atoms. The summed E-state index contributed by atoms with van der Waals surface area (Å²) in [4.78, 5) is 1.86. The number of anilines is 1. The average Bonchev–Trinajstić information content (AvgIpc) is 2.29. The van der Waals surface area contributed by atoms with Gasteiger partial charge in [0, 0.05) is 6.54 Å². The van der Waals surface area contributed by atoms with Crippen LogP contribution in [-0.4, -0.2) is 29.5 Å². The van der Waals surface area contributed by atoms with E-state index in [1.165, 1.54) is 0 Å². The SMILES string of the molecule is N#Cc1ccc(N2CCCC(F)C2)nn1. The van der Waals surface area contributed by atoms with Crippen LogP contribution < -0.4 is 4.90 Å². The molecule has 0 radical (unpaired) electrons. The first-order valence-electron chi connectivity index (χ1n) is 4.92. The van der Waals surface area contributed by atoms with Gasteiger partial charge in [0.05, 0.1) is 6.54 Å². The van der Waals surface area contributed by atoms with Gasteiger partial charge < -0.3 is 4.90 Å². The first-order valence-corrected chi connectivity index (χ1v) is 4.92. The van der Waals surface area contributed by atoms with Crippen LogP contribution in [0.5, 0.6) is 0 Å².